The van der Waals surface area contributed by atoms with Gasteiger partial charge < -0.3 is 4.74 Å². The van der Waals surface area contributed by atoms with Crippen molar-refractivity contribution < 1.29 is 4.74 Å². The number of nitriles is 2. The van der Waals surface area contributed by atoms with Gasteiger partial charge >= 0.3 is 0 Å². The van der Waals surface area contributed by atoms with Gasteiger partial charge in [0.15, 0.2) is 5.75 Å². The summed E-state index contributed by atoms with van der Waals surface area (Å²) in [5, 5.41) is 25.2. The number of hydrogen-bond donors (Lipinski definition) is 0. The van der Waals surface area contributed by atoms with Crippen molar-refractivity contribution in [3.63, 3.8) is 0 Å². The molecule has 0 aromatic heterocycles. The topological polar surface area (TPSA) is 72.4 Å². The summed E-state index contributed by atoms with van der Waals surface area (Å²) in [5.41, 5.74) is 3.16. The fourth-order valence-electron chi connectivity index (χ4n) is 2.90. The summed E-state index contributed by atoms with van der Waals surface area (Å²) in [7, 11) is 0. The monoisotopic (exact) mass is 350 g/mol. The van der Waals surface area contributed by atoms with Crippen LogP contribution >= 0.6 is 0 Å². The molecule has 0 saturated heterocycles. The molecule has 0 atom stereocenters. The van der Waals surface area contributed by atoms with Gasteiger partial charge in [0.05, 0.1) is 17.7 Å². The zero-order valence-electron chi connectivity index (χ0n) is 14.3. The van der Waals surface area contributed by atoms with Gasteiger partial charge in [-0.2, -0.15) is 10.5 Å². The van der Waals surface area contributed by atoms with Crippen molar-refractivity contribution in [3.8, 4) is 17.9 Å². The summed E-state index contributed by atoms with van der Waals surface area (Å²) >= 11 is 0. The van der Waals surface area contributed by atoms with Crippen LogP contribution in [0.25, 0.3) is 0 Å². The van der Waals surface area contributed by atoms with Crippen LogP contribution in [0, 0.1) is 22.7 Å². The average molecular weight is 350 g/mol. The summed E-state index contributed by atoms with van der Waals surface area (Å²) in [6.07, 6.45) is 0. The third-order valence-electron chi connectivity index (χ3n) is 4.23. The highest BCUT2D eigenvalue weighted by Gasteiger charge is 2.24. The zero-order valence-corrected chi connectivity index (χ0v) is 14.3. The van der Waals surface area contributed by atoms with Gasteiger partial charge in [0.25, 0.3) is 0 Å². The van der Waals surface area contributed by atoms with Crippen molar-refractivity contribution in [2.24, 2.45) is 5.10 Å². The van der Waals surface area contributed by atoms with Gasteiger partial charge in [0, 0.05) is 11.6 Å². The van der Waals surface area contributed by atoms with Crippen LogP contribution in [0.5, 0.6) is 5.75 Å². The lowest BCUT2D eigenvalue weighted by Crippen LogP contribution is -2.27. The van der Waals surface area contributed by atoms with Crippen molar-refractivity contribution in [3.05, 3.63) is 95.1 Å². The van der Waals surface area contributed by atoms with Gasteiger partial charge in [-0.25, -0.2) is 0 Å². The molecule has 1 aliphatic heterocycles. The maximum atomic E-state index is 9.36. The number of anilines is 1. The summed E-state index contributed by atoms with van der Waals surface area (Å²) in [6, 6.07) is 26.9. The van der Waals surface area contributed by atoms with Crippen LogP contribution in [0.1, 0.15) is 22.3 Å². The van der Waals surface area contributed by atoms with E-state index in [2.05, 4.69) is 17.2 Å². The second-order valence-electron chi connectivity index (χ2n) is 6.01. The molecule has 0 N–H and O–H groups in total. The molecule has 0 unspecified atom stereocenters. The Morgan fingerprint density at radius 1 is 0.852 bits per heavy atom. The highest BCUT2D eigenvalue weighted by atomic mass is 16.5. The van der Waals surface area contributed by atoms with E-state index in [9.17, 15) is 10.5 Å². The second kappa shape index (κ2) is 7.03. The minimum atomic E-state index is 0.283. The second-order valence-corrected chi connectivity index (χ2v) is 6.01. The number of hydrazone groups is 1. The number of hydrogen-bond acceptors (Lipinski definition) is 5. The van der Waals surface area contributed by atoms with Crippen LogP contribution in [0.4, 0.5) is 5.69 Å². The normalized spacial score (nSPS) is 12.2. The molecule has 3 aromatic carbocycles. The first-order chi connectivity index (χ1) is 13.3. The minimum absolute atomic E-state index is 0.283. The maximum Gasteiger partial charge on any atom is 0.244 e. The molecular weight excluding hydrogens is 336 g/mol. The van der Waals surface area contributed by atoms with E-state index in [0.29, 0.717) is 29.4 Å². The van der Waals surface area contributed by atoms with E-state index in [1.165, 1.54) is 0 Å². The molecule has 128 valence electrons. The fraction of sp³-hybridized carbons (Fsp3) is 0.0455. The predicted octanol–water partition coefficient (Wildman–Crippen LogP) is 4.19. The van der Waals surface area contributed by atoms with Crippen molar-refractivity contribution in [1.82, 2.24) is 0 Å². The number of nitrogens with zero attached hydrogens (tertiary/aromatic N) is 4. The summed E-state index contributed by atoms with van der Waals surface area (Å²) < 4.78 is 5.98. The molecule has 4 rings (SSSR count). The van der Waals surface area contributed by atoms with Gasteiger partial charge in [-0.1, -0.05) is 48.5 Å². The molecule has 0 amide bonds. The van der Waals surface area contributed by atoms with Crippen LogP contribution in [-0.4, -0.2) is 5.90 Å². The van der Waals surface area contributed by atoms with Gasteiger partial charge in [0.1, 0.15) is 17.8 Å². The van der Waals surface area contributed by atoms with Crippen molar-refractivity contribution in [2.75, 3.05) is 5.01 Å². The van der Waals surface area contributed by atoms with Crippen LogP contribution in [0.3, 0.4) is 0 Å². The summed E-state index contributed by atoms with van der Waals surface area (Å²) in [6.45, 7) is 0.518. The highest BCUT2D eigenvalue weighted by molar-refractivity contribution is 5.98. The number of fused-ring (bicyclic) bond motifs is 1. The third kappa shape index (κ3) is 3.22. The molecule has 1 aliphatic rings. The quantitative estimate of drug-likeness (QED) is 0.710. The van der Waals surface area contributed by atoms with Crippen molar-refractivity contribution >= 4 is 11.6 Å². The number of benzene rings is 3. The van der Waals surface area contributed by atoms with Crippen LogP contribution in [0.2, 0.25) is 0 Å². The number of rotatable bonds is 3. The largest absolute Gasteiger partial charge is 0.435 e. The lowest BCUT2D eigenvalue weighted by molar-refractivity contribution is 0.526. The Kier molecular flexibility index (Phi) is 4.27. The summed E-state index contributed by atoms with van der Waals surface area (Å²) in [5.74, 6) is 0.961. The Labute approximate surface area is 157 Å². The smallest absolute Gasteiger partial charge is 0.244 e. The molecule has 0 spiro atoms. The molecule has 27 heavy (non-hydrogen) atoms. The van der Waals surface area contributed by atoms with Crippen molar-refractivity contribution in [1.29, 1.82) is 10.5 Å². The van der Waals surface area contributed by atoms with E-state index in [1.54, 1.807) is 17.1 Å². The Morgan fingerprint density at radius 2 is 1.48 bits per heavy atom. The lowest BCUT2D eigenvalue weighted by atomic mass is 10.1. The molecule has 0 radical (unpaired) electrons. The Bertz CT molecular complexity index is 1090. The molecule has 1 heterocycles. The van der Waals surface area contributed by atoms with Crippen LogP contribution in [0.15, 0.2) is 77.9 Å². The van der Waals surface area contributed by atoms with Gasteiger partial charge in [-0.05, 0) is 23.8 Å². The average Bonchev–Trinajstić information content (AvgIpc) is 2.74. The van der Waals surface area contributed by atoms with E-state index >= 15 is 0 Å². The molecule has 5 nitrogen and oxygen atoms in total. The fourth-order valence-corrected chi connectivity index (χ4v) is 2.90. The highest BCUT2D eigenvalue weighted by Crippen LogP contribution is 2.36. The SMILES string of the molecule is N#Cc1cc2c(cc1C#N)N(Cc1ccccc1)N=C(c1ccccc1)O2. The molecule has 5 heteroatoms. The van der Waals surface area contributed by atoms with Crippen molar-refractivity contribution in [2.45, 2.75) is 6.54 Å². The maximum absolute atomic E-state index is 9.36. The van der Waals surface area contributed by atoms with E-state index < -0.39 is 0 Å². The van der Waals surface area contributed by atoms with E-state index in [4.69, 9.17) is 4.74 Å². The van der Waals surface area contributed by atoms with Crippen LogP contribution in [-0.2, 0) is 6.54 Å². The first kappa shape index (κ1) is 16.4. The molecule has 0 aliphatic carbocycles. The van der Waals surface area contributed by atoms with Crippen LogP contribution < -0.4 is 9.75 Å². The first-order valence-corrected chi connectivity index (χ1v) is 8.40. The Balaban J connectivity index is 1.82. The summed E-state index contributed by atoms with van der Waals surface area (Å²) in [4.78, 5) is 0. The van der Waals surface area contributed by atoms with Gasteiger partial charge in [-0.15, -0.1) is 5.10 Å². The van der Waals surface area contributed by atoms with Gasteiger partial charge in [-0.3, -0.25) is 5.01 Å². The van der Waals surface area contributed by atoms with E-state index in [1.807, 2.05) is 60.7 Å². The lowest BCUT2D eigenvalue weighted by Gasteiger charge is -2.28. The standard InChI is InChI=1S/C22H14N4O/c23-13-18-11-20-21(12-19(18)14-24)27-22(17-9-5-2-6-10-17)25-26(20)15-16-7-3-1-4-8-16/h1-12H,15H2. The molecule has 0 bridgehead atoms. The molecule has 0 saturated carbocycles. The third-order valence-corrected chi connectivity index (χ3v) is 4.23. The predicted molar refractivity (Wildman–Crippen MR) is 102 cm³/mol. The zero-order chi connectivity index (χ0) is 18.6. The minimum Gasteiger partial charge on any atom is -0.435 e. The molecular formula is C22H14N4O. The van der Waals surface area contributed by atoms with E-state index in [0.717, 1.165) is 11.1 Å². The number of ether oxygens (including phenoxy) is 1. The molecule has 0 fully saturated rings. The molecule has 3 aromatic rings. The van der Waals surface area contributed by atoms with E-state index in [-0.39, 0.29) is 5.56 Å². The Hall–Kier alpha value is -4.09. The Morgan fingerprint density at radius 3 is 2.15 bits per heavy atom. The first-order valence-electron chi connectivity index (χ1n) is 8.40. The van der Waals surface area contributed by atoms with Gasteiger partial charge in [0.2, 0.25) is 5.90 Å².